The summed E-state index contributed by atoms with van der Waals surface area (Å²) in [5.74, 6) is -0.158. The molecule has 0 spiro atoms. The monoisotopic (exact) mass is 371 g/mol. The lowest BCUT2D eigenvalue weighted by Crippen LogP contribution is -2.43. The Morgan fingerprint density at radius 2 is 1.56 bits per heavy atom. The lowest BCUT2D eigenvalue weighted by atomic mass is 10.1. The van der Waals surface area contributed by atoms with Crippen LogP contribution in [0, 0.1) is 0 Å². The van der Waals surface area contributed by atoms with Crippen LogP contribution in [0.3, 0.4) is 0 Å². The molecule has 2 aliphatic rings. The smallest absolute Gasteiger partial charge is 0.240 e. The van der Waals surface area contributed by atoms with Gasteiger partial charge < -0.3 is 15.1 Å². The molecule has 1 saturated carbocycles. The summed E-state index contributed by atoms with van der Waals surface area (Å²) in [5.41, 5.74) is 1.99. The number of piperidine rings is 1. The molecular weight excluding hydrogens is 338 g/mol. The Kier molecular flexibility index (Phi) is 7.13. The lowest BCUT2D eigenvalue weighted by Gasteiger charge is -2.29. The third-order valence-electron chi connectivity index (χ3n) is 5.78. The van der Waals surface area contributed by atoms with Crippen LogP contribution in [0.5, 0.6) is 0 Å². The average Bonchev–Trinajstić information content (AvgIpc) is 2.95. The van der Waals surface area contributed by atoms with E-state index in [1.54, 1.807) is 4.90 Å². The van der Waals surface area contributed by atoms with E-state index in [9.17, 15) is 9.59 Å². The predicted molar refractivity (Wildman–Crippen MR) is 110 cm³/mol. The highest BCUT2D eigenvalue weighted by molar-refractivity contribution is 5.97. The fraction of sp³-hybridized carbons (Fsp3) is 0.636. The minimum atomic E-state index is -0.100. The molecule has 0 aromatic heterocycles. The van der Waals surface area contributed by atoms with E-state index in [1.165, 1.54) is 57.6 Å². The van der Waals surface area contributed by atoms with Gasteiger partial charge in [-0.2, -0.15) is 0 Å². The van der Waals surface area contributed by atoms with E-state index in [2.05, 4.69) is 22.3 Å². The van der Waals surface area contributed by atoms with Crippen molar-refractivity contribution in [3.63, 3.8) is 0 Å². The molecule has 1 heterocycles. The van der Waals surface area contributed by atoms with Crippen LogP contribution in [0.25, 0.3) is 0 Å². The SMILES string of the molecule is CC(=O)N(CC(=O)NC1CCCCCC1)c1ccc(N2CCCCC2)cc1. The number of carbonyl (C=O) groups is 2. The highest BCUT2D eigenvalue weighted by atomic mass is 16.2. The van der Waals surface area contributed by atoms with Gasteiger partial charge in [0.25, 0.3) is 0 Å². The first-order valence-corrected chi connectivity index (χ1v) is 10.6. The van der Waals surface area contributed by atoms with Crippen molar-refractivity contribution < 1.29 is 9.59 Å². The lowest BCUT2D eigenvalue weighted by molar-refractivity contribution is -0.123. The van der Waals surface area contributed by atoms with Gasteiger partial charge in [0.1, 0.15) is 6.54 Å². The minimum absolute atomic E-state index is 0.0581. The normalized spacial score (nSPS) is 18.6. The first kappa shape index (κ1) is 19.7. The Morgan fingerprint density at radius 1 is 0.963 bits per heavy atom. The zero-order valence-corrected chi connectivity index (χ0v) is 16.6. The Hall–Kier alpha value is -2.04. The largest absolute Gasteiger partial charge is 0.372 e. The molecule has 1 N–H and O–H groups in total. The first-order valence-electron chi connectivity index (χ1n) is 10.6. The fourth-order valence-electron chi connectivity index (χ4n) is 4.22. The maximum Gasteiger partial charge on any atom is 0.240 e. The molecule has 0 unspecified atom stereocenters. The van der Waals surface area contributed by atoms with Gasteiger partial charge in [0.05, 0.1) is 0 Å². The van der Waals surface area contributed by atoms with Gasteiger partial charge in [-0.05, 0) is 56.4 Å². The Bertz CT molecular complexity index is 615. The summed E-state index contributed by atoms with van der Waals surface area (Å²) in [6.45, 7) is 3.81. The molecule has 1 aliphatic heterocycles. The molecule has 5 heteroatoms. The molecule has 2 amide bonds. The number of amides is 2. The number of nitrogens with zero attached hydrogens (tertiary/aromatic N) is 2. The summed E-state index contributed by atoms with van der Waals surface area (Å²) in [6.07, 6.45) is 10.8. The van der Waals surface area contributed by atoms with E-state index >= 15 is 0 Å². The fourth-order valence-corrected chi connectivity index (χ4v) is 4.22. The van der Waals surface area contributed by atoms with Gasteiger partial charge in [-0.1, -0.05) is 25.7 Å². The van der Waals surface area contributed by atoms with Gasteiger partial charge in [0.2, 0.25) is 11.8 Å². The first-order chi connectivity index (χ1) is 13.1. The number of hydrogen-bond acceptors (Lipinski definition) is 3. The number of hydrogen-bond donors (Lipinski definition) is 1. The Labute approximate surface area is 163 Å². The predicted octanol–water partition coefficient (Wildman–Crippen LogP) is 3.87. The second-order valence-corrected chi connectivity index (χ2v) is 7.93. The van der Waals surface area contributed by atoms with Crippen molar-refractivity contribution >= 4 is 23.2 Å². The third-order valence-corrected chi connectivity index (χ3v) is 5.78. The average molecular weight is 372 g/mol. The number of benzene rings is 1. The van der Waals surface area contributed by atoms with Crippen molar-refractivity contribution in [2.24, 2.45) is 0 Å². The van der Waals surface area contributed by atoms with Gasteiger partial charge in [0, 0.05) is 37.4 Å². The second kappa shape index (κ2) is 9.77. The zero-order chi connectivity index (χ0) is 19.1. The van der Waals surface area contributed by atoms with Gasteiger partial charge >= 0.3 is 0 Å². The molecule has 3 rings (SSSR count). The van der Waals surface area contributed by atoms with Crippen molar-refractivity contribution in [1.29, 1.82) is 0 Å². The van der Waals surface area contributed by atoms with E-state index in [-0.39, 0.29) is 24.4 Å². The summed E-state index contributed by atoms with van der Waals surface area (Å²) in [7, 11) is 0. The van der Waals surface area contributed by atoms with Gasteiger partial charge in [0.15, 0.2) is 0 Å². The number of rotatable bonds is 5. The summed E-state index contributed by atoms with van der Waals surface area (Å²) < 4.78 is 0. The van der Waals surface area contributed by atoms with Crippen molar-refractivity contribution in [3.8, 4) is 0 Å². The summed E-state index contributed by atoms with van der Waals surface area (Å²) >= 11 is 0. The van der Waals surface area contributed by atoms with Gasteiger partial charge in [-0.15, -0.1) is 0 Å². The van der Waals surface area contributed by atoms with E-state index in [4.69, 9.17) is 0 Å². The zero-order valence-electron chi connectivity index (χ0n) is 16.6. The van der Waals surface area contributed by atoms with Crippen molar-refractivity contribution in [2.45, 2.75) is 70.8 Å². The number of carbonyl (C=O) groups excluding carboxylic acids is 2. The number of anilines is 2. The highest BCUT2D eigenvalue weighted by Crippen LogP contribution is 2.24. The highest BCUT2D eigenvalue weighted by Gasteiger charge is 2.20. The summed E-state index contributed by atoms with van der Waals surface area (Å²) in [6, 6.07) is 8.32. The molecule has 0 bridgehead atoms. The standard InChI is InChI=1S/C22H33N3O2/c1-18(26)25(17-22(27)23-19-9-5-2-3-6-10-19)21-13-11-20(12-14-21)24-15-7-4-8-16-24/h11-14,19H,2-10,15-17H2,1H3,(H,23,27). The van der Waals surface area contributed by atoms with E-state index < -0.39 is 0 Å². The molecule has 1 aliphatic carbocycles. The maximum absolute atomic E-state index is 12.5. The van der Waals surface area contributed by atoms with Crippen LogP contribution in [0.4, 0.5) is 11.4 Å². The topological polar surface area (TPSA) is 52.7 Å². The third kappa shape index (κ3) is 5.72. The summed E-state index contributed by atoms with van der Waals surface area (Å²) in [4.78, 5) is 28.6. The molecule has 1 aromatic carbocycles. The number of nitrogens with one attached hydrogen (secondary N) is 1. The van der Waals surface area contributed by atoms with Crippen molar-refractivity contribution in [3.05, 3.63) is 24.3 Å². The molecular formula is C22H33N3O2. The minimum Gasteiger partial charge on any atom is -0.372 e. The molecule has 2 fully saturated rings. The molecule has 1 aromatic rings. The molecule has 1 saturated heterocycles. The molecule has 148 valence electrons. The van der Waals surface area contributed by atoms with Crippen LogP contribution < -0.4 is 15.1 Å². The second-order valence-electron chi connectivity index (χ2n) is 7.93. The maximum atomic E-state index is 12.5. The summed E-state index contributed by atoms with van der Waals surface area (Å²) in [5, 5.41) is 3.14. The molecule has 5 nitrogen and oxygen atoms in total. The van der Waals surface area contributed by atoms with Gasteiger partial charge in [-0.25, -0.2) is 0 Å². The molecule has 27 heavy (non-hydrogen) atoms. The van der Waals surface area contributed by atoms with Crippen molar-refractivity contribution in [1.82, 2.24) is 5.32 Å². The van der Waals surface area contributed by atoms with Crippen LogP contribution in [0.1, 0.15) is 64.7 Å². The van der Waals surface area contributed by atoms with Crippen LogP contribution >= 0.6 is 0 Å². The van der Waals surface area contributed by atoms with Crippen LogP contribution in [0.15, 0.2) is 24.3 Å². The van der Waals surface area contributed by atoms with Crippen LogP contribution in [-0.2, 0) is 9.59 Å². The van der Waals surface area contributed by atoms with E-state index in [1.807, 2.05) is 12.1 Å². The van der Waals surface area contributed by atoms with Crippen LogP contribution in [-0.4, -0.2) is 37.5 Å². The van der Waals surface area contributed by atoms with Crippen LogP contribution in [0.2, 0.25) is 0 Å². The van der Waals surface area contributed by atoms with Crippen molar-refractivity contribution in [2.75, 3.05) is 29.4 Å². The molecule has 0 atom stereocenters. The Morgan fingerprint density at radius 3 is 2.15 bits per heavy atom. The molecule has 0 radical (unpaired) electrons. The van der Waals surface area contributed by atoms with Gasteiger partial charge in [-0.3, -0.25) is 9.59 Å². The Balaban J connectivity index is 1.60. The van der Waals surface area contributed by atoms with E-state index in [0.29, 0.717) is 0 Å². The quantitative estimate of drug-likeness (QED) is 0.800. The van der Waals surface area contributed by atoms with E-state index in [0.717, 1.165) is 31.6 Å².